The Balaban J connectivity index is 2.07. The van der Waals surface area contributed by atoms with Crippen molar-refractivity contribution in [3.05, 3.63) is 52.5 Å². The summed E-state index contributed by atoms with van der Waals surface area (Å²) in [5.41, 5.74) is 0.795. The first-order chi connectivity index (χ1) is 10.0. The molecule has 0 spiro atoms. The highest BCUT2D eigenvalue weighted by Crippen LogP contribution is 2.26. The molecular weight excluding hydrogens is 294 g/mol. The molecule has 6 heteroatoms. The van der Waals surface area contributed by atoms with Gasteiger partial charge in [0.25, 0.3) is 5.91 Å². The van der Waals surface area contributed by atoms with E-state index < -0.39 is 5.91 Å². The van der Waals surface area contributed by atoms with Crippen molar-refractivity contribution in [2.75, 3.05) is 7.11 Å². The molecule has 0 fully saturated rings. The first kappa shape index (κ1) is 15.0. The zero-order valence-electron chi connectivity index (χ0n) is 11.3. The van der Waals surface area contributed by atoms with Crippen LogP contribution in [0.4, 0.5) is 0 Å². The molecule has 0 atom stereocenters. The maximum atomic E-state index is 12.0. The third kappa shape index (κ3) is 3.58. The fraction of sp³-hybridized carbons (Fsp3) is 0.133. The minimum Gasteiger partial charge on any atom is -0.507 e. The second-order valence-corrected chi connectivity index (χ2v) is 4.79. The average molecular weight is 308 g/mol. The molecule has 0 aliphatic rings. The summed E-state index contributed by atoms with van der Waals surface area (Å²) in [5, 5.41) is 22.3. The van der Waals surface area contributed by atoms with Crippen molar-refractivity contribution < 1.29 is 19.7 Å². The van der Waals surface area contributed by atoms with Crippen LogP contribution >= 0.6 is 11.6 Å². The molecule has 0 heterocycles. The van der Waals surface area contributed by atoms with E-state index in [-0.39, 0.29) is 23.6 Å². The molecule has 0 aliphatic heterocycles. The highest BCUT2D eigenvalue weighted by atomic mass is 35.5. The molecule has 5 nitrogen and oxygen atoms in total. The predicted octanol–water partition coefficient (Wildman–Crippen LogP) is 2.69. The van der Waals surface area contributed by atoms with Crippen molar-refractivity contribution in [2.24, 2.45) is 0 Å². The van der Waals surface area contributed by atoms with Gasteiger partial charge in [0.2, 0.25) is 0 Å². The lowest BCUT2D eigenvalue weighted by atomic mass is 10.1. The van der Waals surface area contributed by atoms with Crippen LogP contribution in [0.5, 0.6) is 17.2 Å². The van der Waals surface area contributed by atoms with Crippen LogP contribution in [-0.4, -0.2) is 23.2 Å². The van der Waals surface area contributed by atoms with Gasteiger partial charge >= 0.3 is 0 Å². The van der Waals surface area contributed by atoms with Crippen molar-refractivity contribution in [3.8, 4) is 17.2 Å². The number of nitrogens with one attached hydrogen (secondary N) is 1. The van der Waals surface area contributed by atoms with Crippen LogP contribution in [0.2, 0.25) is 5.02 Å². The number of carbonyl (C=O) groups excluding carboxylic acids is 1. The second kappa shape index (κ2) is 6.37. The predicted molar refractivity (Wildman–Crippen MR) is 78.9 cm³/mol. The van der Waals surface area contributed by atoms with E-state index in [2.05, 4.69) is 5.32 Å². The number of aromatic hydroxyl groups is 2. The summed E-state index contributed by atoms with van der Waals surface area (Å²) in [6.45, 7) is 0.197. The summed E-state index contributed by atoms with van der Waals surface area (Å²) < 4.78 is 4.94. The largest absolute Gasteiger partial charge is 0.507 e. The monoisotopic (exact) mass is 307 g/mol. The van der Waals surface area contributed by atoms with Crippen molar-refractivity contribution in [1.29, 1.82) is 0 Å². The van der Waals surface area contributed by atoms with E-state index >= 15 is 0 Å². The number of amides is 1. The van der Waals surface area contributed by atoms with Gasteiger partial charge in [0.1, 0.15) is 5.75 Å². The van der Waals surface area contributed by atoms with Gasteiger partial charge in [0.15, 0.2) is 11.5 Å². The van der Waals surface area contributed by atoms with Crippen LogP contribution in [0.15, 0.2) is 36.4 Å². The van der Waals surface area contributed by atoms with Gasteiger partial charge in [-0.1, -0.05) is 17.7 Å². The summed E-state index contributed by atoms with van der Waals surface area (Å²) in [5.74, 6) is -0.243. The smallest absolute Gasteiger partial charge is 0.255 e. The lowest BCUT2D eigenvalue weighted by molar-refractivity contribution is 0.0948. The number of halogens is 1. The normalized spacial score (nSPS) is 10.2. The quantitative estimate of drug-likeness (QED) is 0.811. The zero-order valence-corrected chi connectivity index (χ0v) is 12.0. The van der Waals surface area contributed by atoms with Crippen LogP contribution in [0.25, 0.3) is 0 Å². The van der Waals surface area contributed by atoms with Gasteiger partial charge in [0.05, 0.1) is 12.7 Å². The number of ether oxygens (including phenoxy) is 1. The van der Waals surface area contributed by atoms with Gasteiger partial charge in [-0.05, 0) is 35.9 Å². The number of phenols is 2. The average Bonchev–Trinajstić information content (AvgIpc) is 2.47. The molecule has 0 unspecified atom stereocenters. The van der Waals surface area contributed by atoms with E-state index in [1.54, 1.807) is 12.1 Å². The van der Waals surface area contributed by atoms with E-state index in [0.717, 1.165) is 0 Å². The lowest BCUT2D eigenvalue weighted by Gasteiger charge is -2.09. The Morgan fingerprint density at radius 1 is 1.19 bits per heavy atom. The topological polar surface area (TPSA) is 78.8 Å². The number of benzene rings is 2. The molecule has 21 heavy (non-hydrogen) atoms. The third-order valence-electron chi connectivity index (χ3n) is 2.90. The molecule has 0 saturated carbocycles. The molecule has 0 radical (unpaired) electrons. The van der Waals surface area contributed by atoms with E-state index in [1.807, 2.05) is 0 Å². The molecule has 1 amide bonds. The first-order valence-electron chi connectivity index (χ1n) is 6.14. The van der Waals surface area contributed by atoms with Crippen LogP contribution in [0.1, 0.15) is 15.9 Å². The first-order valence-corrected chi connectivity index (χ1v) is 6.51. The van der Waals surface area contributed by atoms with Gasteiger partial charge in [-0.2, -0.15) is 0 Å². The maximum absolute atomic E-state index is 12.0. The molecule has 0 saturated heterocycles. The summed E-state index contributed by atoms with van der Waals surface area (Å²) in [6.07, 6.45) is 0. The van der Waals surface area contributed by atoms with Crippen LogP contribution in [0, 0.1) is 0 Å². The Kier molecular flexibility index (Phi) is 4.55. The standard InChI is InChI=1S/C15H14ClNO4/c1-21-14-5-2-9(6-13(14)19)8-17-15(20)11-7-10(16)3-4-12(11)18/h2-7,18-19H,8H2,1H3,(H,17,20). The van der Waals surface area contributed by atoms with Crippen LogP contribution in [-0.2, 0) is 6.54 Å². The molecule has 0 bridgehead atoms. The number of methoxy groups -OCH3 is 1. The number of rotatable bonds is 4. The molecule has 3 N–H and O–H groups in total. The molecule has 110 valence electrons. The third-order valence-corrected chi connectivity index (χ3v) is 3.13. The molecular formula is C15H14ClNO4. The highest BCUT2D eigenvalue weighted by molar-refractivity contribution is 6.31. The minimum absolute atomic E-state index is 0.00477. The molecule has 0 aliphatic carbocycles. The summed E-state index contributed by atoms with van der Waals surface area (Å²) in [4.78, 5) is 12.0. The summed E-state index contributed by atoms with van der Waals surface area (Å²) in [6, 6.07) is 9.06. The molecule has 2 aromatic rings. The molecule has 2 aromatic carbocycles. The van der Waals surface area contributed by atoms with Gasteiger partial charge < -0.3 is 20.3 Å². The van der Waals surface area contributed by atoms with Gasteiger partial charge in [-0.25, -0.2) is 0 Å². The summed E-state index contributed by atoms with van der Waals surface area (Å²) >= 11 is 5.79. The fourth-order valence-corrected chi connectivity index (χ4v) is 1.99. The van der Waals surface area contributed by atoms with Crippen LogP contribution < -0.4 is 10.1 Å². The second-order valence-electron chi connectivity index (χ2n) is 4.35. The van der Waals surface area contributed by atoms with Gasteiger partial charge in [-0.15, -0.1) is 0 Å². The Morgan fingerprint density at radius 3 is 2.62 bits per heavy atom. The van der Waals surface area contributed by atoms with Crippen LogP contribution in [0.3, 0.4) is 0 Å². The zero-order chi connectivity index (χ0) is 15.4. The number of hydrogen-bond acceptors (Lipinski definition) is 4. The number of phenolic OH excluding ortho intramolecular Hbond substituents is 2. The van der Waals surface area contributed by atoms with E-state index in [0.29, 0.717) is 16.3 Å². The maximum Gasteiger partial charge on any atom is 0.255 e. The van der Waals surface area contributed by atoms with Crippen molar-refractivity contribution >= 4 is 17.5 Å². The lowest BCUT2D eigenvalue weighted by Crippen LogP contribution is -2.22. The van der Waals surface area contributed by atoms with E-state index in [9.17, 15) is 15.0 Å². The SMILES string of the molecule is COc1ccc(CNC(=O)c2cc(Cl)ccc2O)cc1O. The van der Waals surface area contributed by atoms with Crippen molar-refractivity contribution in [1.82, 2.24) is 5.32 Å². The van der Waals surface area contributed by atoms with Gasteiger partial charge in [-0.3, -0.25) is 4.79 Å². The van der Waals surface area contributed by atoms with Crippen molar-refractivity contribution in [3.63, 3.8) is 0 Å². The van der Waals surface area contributed by atoms with E-state index in [4.69, 9.17) is 16.3 Å². The number of hydrogen-bond donors (Lipinski definition) is 3. The van der Waals surface area contributed by atoms with Gasteiger partial charge in [0, 0.05) is 11.6 Å². The number of carbonyl (C=O) groups is 1. The minimum atomic E-state index is -0.453. The Morgan fingerprint density at radius 2 is 1.95 bits per heavy atom. The molecule has 0 aromatic heterocycles. The molecule has 2 rings (SSSR count). The Hall–Kier alpha value is -2.40. The Labute approximate surface area is 126 Å². The fourth-order valence-electron chi connectivity index (χ4n) is 1.81. The Bertz CT molecular complexity index is 673. The highest BCUT2D eigenvalue weighted by Gasteiger charge is 2.12. The van der Waals surface area contributed by atoms with E-state index in [1.165, 1.54) is 31.4 Å². The summed E-state index contributed by atoms with van der Waals surface area (Å²) in [7, 11) is 1.46. The van der Waals surface area contributed by atoms with Crippen molar-refractivity contribution in [2.45, 2.75) is 6.54 Å².